The number of anilines is 1. The maximum Gasteiger partial charge on any atom is 0.407 e. The Labute approximate surface area is 311 Å². The molecule has 13 nitrogen and oxygen atoms in total. The van der Waals surface area contributed by atoms with Gasteiger partial charge in [0.15, 0.2) is 19.2 Å². The first-order valence-electron chi connectivity index (χ1n) is 17.6. The quantitative estimate of drug-likeness (QED) is 0.103. The highest BCUT2D eigenvalue weighted by atomic mass is 16.7. The molecule has 0 saturated carbocycles. The smallest absolute Gasteiger partial charge is 0.407 e. The Morgan fingerprint density at radius 3 is 2.08 bits per heavy atom. The van der Waals surface area contributed by atoms with E-state index < -0.39 is 35.4 Å². The molecule has 1 saturated heterocycles. The summed E-state index contributed by atoms with van der Waals surface area (Å²) >= 11 is 0. The molecular weight excluding hydrogens is 682 g/mol. The first-order chi connectivity index (χ1) is 25.2. The minimum Gasteiger partial charge on any atom is -0.467 e. The number of nitrogens with zero attached hydrogens (tertiary/aromatic N) is 2. The van der Waals surface area contributed by atoms with Gasteiger partial charge in [-0.05, 0) is 78.3 Å². The molecule has 0 aliphatic carbocycles. The van der Waals surface area contributed by atoms with Gasteiger partial charge in [-0.3, -0.25) is 9.59 Å². The molecule has 2 N–H and O–H groups in total. The van der Waals surface area contributed by atoms with Gasteiger partial charge < -0.3 is 43.9 Å². The highest BCUT2D eigenvalue weighted by Gasteiger charge is 2.53. The van der Waals surface area contributed by atoms with Crippen molar-refractivity contribution in [3.05, 3.63) is 88.5 Å². The van der Waals surface area contributed by atoms with E-state index in [-0.39, 0.29) is 73.8 Å². The van der Waals surface area contributed by atoms with Crippen molar-refractivity contribution in [1.82, 2.24) is 10.2 Å². The van der Waals surface area contributed by atoms with Gasteiger partial charge in [0.25, 0.3) is 5.91 Å². The number of carboxylic acid groups (broad SMARTS) is 1. The molecule has 2 atom stereocenters. The summed E-state index contributed by atoms with van der Waals surface area (Å²) in [6.45, 7) is 7.45. The molecule has 286 valence electrons. The van der Waals surface area contributed by atoms with E-state index in [0.29, 0.717) is 11.4 Å². The van der Waals surface area contributed by atoms with Crippen LogP contribution in [-0.2, 0) is 14.2 Å². The molecular formula is C40H51N3O10. The Hall–Kier alpha value is -5.14. The van der Waals surface area contributed by atoms with Crippen LogP contribution in [-0.4, -0.2) is 100 Å². The van der Waals surface area contributed by atoms with Crippen LogP contribution in [0.4, 0.5) is 10.5 Å². The number of methoxy groups -OCH3 is 2. The van der Waals surface area contributed by atoms with Crippen molar-refractivity contribution in [3.8, 4) is 11.5 Å². The monoisotopic (exact) mass is 733 g/mol. The van der Waals surface area contributed by atoms with Crippen LogP contribution in [0.5, 0.6) is 11.5 Å². The molecule has 0 bridgehead atoms. The van der Waals surface area contributed by atoms with Gasteiger partial charge in [-0.25, -0.2) is 9.59 Å². The Morgan fingerprint density at radius 1 is 0.887 bits per heavy atom. The molecule has 1 fully saturated rings. The first-order valence-corrected chi connectivity index (χ1v) is 17.6. The number of ketones is 1. The van der Waals surface area contributed by atoms with Crippen LogP contribution in [0.2, 0.25) is 0 Å². The Kier molecular flexibility index (Phi) is 13.8. The average molecular weight is 734 g/mol. The molecule has 1 aliphatic heterocycles. The molecule has 0 aromatic heterocycles. The molecule has 0 spiro atoms. The van der Waals surface area contributed by atoms with Crippen molar-refractivity contribution >= 4 is 29.4 Å². The van der Waals surface area contributed by atoms with Crippen LogP contribution < -0.4 is 19.7 Å². The lowest BCUT2D eigenvalue weighted by Crippen LogP contribution is -2.62. The second-order valence-corrected chi connectivity index (χ2v) is 13.8. The Balaban J connectivity index is 1.94. The van der Waals surface area contributed by atoms with Gasteiger partial charge in [0, 0.05) is 52.7 Å². The van der Waals surface area contributed by atoms with Crippen LogP contribution in [0.25, 0.3) is 0 Å². The summed E-state index contributed by atoms with van der Waals surface area (Å²) in [6.07, 6.45) is -1.20. The SMILES string of the molecule is COCOc1ccc(N(C)C)cc1C(=O)[C@@]1(OC(=O)c2ccccc2)CCCN(C(=O)O)C[C@H]1NC(=O)c1cc(C(C)C)c(OCOC)c(C(C)C)c1. The topological polar surface area (TPSA) is 153 Å². The number of Topliss-reactive ketones (excluding diaryl/α,β-unsaturated/α-hetero) is 1. The van der Waals surface area contributed by atoms with E-state index in [0.717, 1.165) is 16.0 Å². The first kappa shape index (κ1) is 40.6. The molecule has 0 radical (unpaired) electrons. The lowest BCUT2D eigenvalue weighted by Gasteiger charge is -2.39. The van der Waals surface area contributed by atoms with Crippen molar-refractivity contribution in [1.29, 1.82) is 0 Å². The van der Waals surface area contributed by atoms with E-state index in [1.807, 2.05) is 41.8 Å². The number of carbonyl (C=O) groups excluding carboxylic acids is 3. The predicted octanol–water partition coefficient (Wildman–Crippen LogP) is 6.32. The molecule has 1 heterocycles. The van der Waals surface area contributed by atoms with Crippen molar-refractivity contribution in [2.24, 2.45) is 0 Å². The maximum atomic E-state index is 15.3. The van der Waals surface area contributed by atoms with Gasteiger partial charge in [0.1, 0.15) is 11.5 Å². The number of likely N-dealkylation sites (tertiary alicyclic amines) is 1. The lowest BCUT2D eigenvalue weighted by atomic mass is 9.81. The fraction of sp³-hybridized carbons (Fsp3) is 0.450. The number of esters is 1. The van der Waals surface area contributed by atoms with E-state index in [2.05, 4.69) is 5.32 Å². The molecule has 2 amide bonds. The van der Waals surface area contributed by atoms with Crippen LogP contribution in [0.3, 0.4) is 0 Å². The largest absolute Gasteiger partial charge is 0.467 e. The molecule has 4 rings (SSSR count). The minimum absolute atomic E-state index is 0.0145. The predicted molar refractivity (Wildman–Crippen MR) is 199 cm³/mol. The summed E-state index contributed by atoms with van der Waals surface area (Å²) in [5.74, 6) is -1.38. The lowest BCUT2D eigenvalue weighted by molar-refractivity contribution is -0.0274. The zero-order valence-corrected chi connectivity index (χ0v) is 31.8. The summed E-state index contributed by atoms with van der Waals surface area (Å²) in [4.78, 5) is 59.2. The van der Waals surface area contributed by atoms with E-state index in [1.54, 1.807) is 65.6 Å². The van der Waals surface area contributed by atoms with Gasteiger partial charge in [-0.2, -0.15) is 0 Å². The number of rotatable bonds is 15. The van der Waals surface area contributed by atoms with Gasteiger partial charge in [-0.1, -0.05) is 45.9 Å². The molecule has 3 aromatic carbocycles. The van der Waals surface area contributed by atoms with Crippen molar-refractivity contribution in [2.75, 3.05) is 59.9 Å². The van der Waals surface area contributed by atoms with Crippen molar-refractivity contribution < 1.29 is 48.0 Å². The number of benzene rings is 3. The van der Waals surface area contributed by atoms with Crippen LogP contribution in [0, 0.1) is 0 Å². The zero-order chi connectivity index (χ0) is 38.9. The molecule has 1 aliphatic rings. The van der Waals surface area contributed by atoms with Crippen LogP contribution in [0.1, 0.15) is 94.6 Å². The summed E-state index contributed by atoms with van der Waals surface area (Å²) in [5.41, 5.74) is 0.628. The van der Waals surface area contributed by atoms with E-state index in [4.69, 9.17) is 23.7 Å². The number of carbonyl (C=O) groups is 4. The third-order valence-electron chi connectivity index (χ3n) is 9.22. The van der Waals surface area contributed by atoms with E-state index in [1.165, 1.54) is 14.2 Å². The third-order valence-corrected chi connectivity index (χ3v) is 9.22. The molecule has 53 heavy (non-hydrogen) atoms. The standard InChI is InChI=1S/C40H51N3O10/c1-25(2)30-19-28(20-31(26(3)4)35(30)52-24-50-8)37(45)41-34-22-43(39(47)48)18-12-17-40(34,53-38(46)27-13-10-9-11-14-27)36(44)32-21-29(42(5)6)15-16-33(32)51-23-49-7/h9-11,13-16,19-21,25-26,34H,12,17-18,22-24H2,1-8H3,(H,41,45)(H,47,48)/t34-,40-/m1/s1. The van der Waals surface area contributed by atoms with Gasteiger partial charge in [0.05, 0.1) is 17.2 Å². The zero-order valence-electron chi connectivity index (χ0n) is 31.8. The van der Waals surface area contributed by atoms with E-state index in [9.17, 15) is 19.5 Å². The second-order valence-electron chi connectivity index (χ2n) is 13.8. The summed E-state index contributed by atoms with van der Waals surface area (Å²) in [7, 11) is 6.60. The summed E-state index contributed by atoms with van der Waals surface area (Å²) in [6, 6.07) is 15.3. The van der Waals surface area contributed by atoms with Crippen LogP contribution >= 0.6 is 0 Å². The average Bonchev–Trinajstić information content (AvgIpc) is 3.32. The van der Waals surface area contributed by atoms with Gasteiger partial charge in [-0.15, -0.1) is 0 Å². The van der Waals surface area contributed by atoms with Gasteiger partial charge >= 0.3 is 12.1 Å². The molecule has 13 heteroatoms. The number of hydrogen-bond donors (Lipinski definition) is 2. The van der Waals surface area contributed by atoms with Gasteiger partial charge in [0.2, 0.25) is 5.78 Å². The Morgan fingerprint density at radius 2 is 1.51 bits per heavy atom. The number of nitrogens with one attached hydrogen (secondary N) is 1. The summed E-state index contributed by atoms with van der Waals surface area (Å²) < 4.78 is 28.5. The second kappa shape index (κ2) is 18.1. The minimum atomic E-state index is -2.08. The van der Waals surface area contributed by atoms with Crippen LogP contribution in [0.15, 0.2) is 60.7 Å². The normalized spacial score (nSPS) is 17.2. The fourth-order valence-electron chi connectivity index (χ4n) is 6.38. The molecule has 0 unspecified atom stereocenters. The molecule has 3 aromatic rings. The Bertz CT molecular complexity index is 1730. The number of ether oxygens (including phenoxy) is 5. The maximum absolute atomic E-state index is 15.3. The van der Waals surface area contributed by atoms with Crippen molar-refractivity contribution in [3.63, 3.8) is 0 Å². The number of amides is 2. The van der Waals surface area contributed by atoms with Crippen molar-refractivity contribution in [2.45, 2.75) is 64.0 Å². The highest BCUT2D eigenvalue weighted by molar-refractivity contribution is 6.08. The highest BCUT2D eigenvalue weighted by Crippen LogP contribution is 2.39. The third kappa shape index (κ3) is 9.46. The fourth-order valence-corrected chi connectivity index (χ4v) is 6.38. The summed E-state index contributed by atoms with van der Waals surface area (Å²) in [5, 5.41) is 13.2. The number of hydrogen-bond acceptors (Lipinski definition) is 10. The van der Waals surface area contributed by atoms with E-state index >= 15 is 4.79 Å².